The summed E-state index contributed by atoms with van der Waals surface area (Å²) in [5, 5.41) is 15.5. The first kappa shape index (κ1) is 18.3. The Hall–Kier alpha value is -3.71. The van der Waals surface area contributed by atoms with Crippen LogP contribution in [-0.2, 0) is 0 Å². The maximum absolute atomic E-state index is 13.2. The first-order chi connectivity index (χ1) is 14.6. The SMILES string of the molecule is O=c1c2ccccc2nc(-c2cc3ccccc3o2)n1N=Cc1ccc(O)c(Br)c1. The van der Waals surface area contributed by atoms with E-state index in [0.717, 1.165) is 5.39 Å². The minimum absolute atomic E-state index is 0.125. The summed E-state index contributed by atoms with van der Waals surface area (Å²) < 4.78 is 7.72. The molecule has 0 radical (unpaired) electrons. The van der Waals surface area contributed by atoms with Crippen LogP contribution >= 0.6 is 15.9 Å². The smallest absolute Gasteiger partial charge is 0.282 e. The number of hydrogen-bond donors (Lipinski definition) is 1. The van der Waals surface area contributed by atoms with Crippen LogP contribution in [0.1, 0.15) is 5.56 Å². The Labute approximate surface area is 178 Å². The molecule has 146 valence electrons. The number of aromatic hydroxyl groups is 1. The van der Waals surface area contributed by atoms with Gasteiger partial charge in [-0.15, -0.1) is 0 Å². The molecule has 3 aromatic carbocycles. The van der Waals surface area contributed by atoms with Crippen molar-refractivity contribution in [1.29, 1.82) is 0 Å². The zero-order valence-corrected chi connectivity index (χ0v) is 17.1. The second kappa shape index (κ2) is 7.27. The van der Waals surface area contributed by atoms with Gasteiger partial charge < -0.3 is 9.52 Å². The molecular formula is C23H14BrN3O3. The number of phenolic OH excluding ortho intramolecular Hbond substituents is 1. The number of fused-ring (bicyclic) bond motifs is 2. The van der Waals surface area contributed by atoms with Crippen molar-refractivity contribution in [2.45, 2.75) is 0 Å². The summed E-state index contributed by atoms with van der Waals surface area (Å²) in [6, 6.07) is 21.5. The molecule has 2 heterocycles. The fourth-order valence-corrected chi connectivity index (χ4v) is 3.61. The van der Waals surface area contributed by atoms with Crippen LogP contribution in [0, 0.1) is 0 Å². The van der Waals surface area contributed by atoms with Gasteiger partial charge in [0.15, 0.2) is 5.76 Å². The number of aromatic nitrogens is 2. The fourth-order valence-electron chi connectivity index (χ4n) is 3.21. The van der Waals surface area contributed by atoms with Crippen molar-refractivity contribution in [2.24, 2.45) is 5.10 Å². The molecule has 0 saturated heterocycles. The van der Waals surface area contributed by atoms with Gasteiger partial charge in [0.2, 0.25) is 5.82 Å². The molecule has 5 aromatic rings. The fraction of sp³-hybridized carbons (Fsp3) is 0. The molecule has 2 aromatic heterocycles. The number of benzene rings is 3. The van der Waals surface area contributed by atoms with Crippen molar-refractivity contribution < 1.29 is 9.52 Å². The second-order valence-corrected chi connectivity index (χ2v) is 7.53. The Kier molecular flexibility index (Phi) is 4.44. The summed E-state index contributed by atoms with van der Waals surface area (Å²) in [5.74, 6) is 0.881. The topological polar surface area (TPSA) is 80.6 Å². The van der Waals surface area contributed by atoms with E-state index in [0.29, 0.717) is 38.1 Å². The van der Waals surface area contributed by atoms with Crippen LogP contribution in [0.4, 0.5) is 0 Å². The van der Waals surface area contributed by atoms with E-state index in [4.69, 9.17) is 4.42 Å². The minimum Gasteiger partial charge on any atom is -0.507 e. The molecule has 0 amide bonds. The molecule has 0 aliphatic heterocycles. The van der Waals surface area contributed by atoms with Crippen LogP contribution in [0.3, 0.4) is 0 Å². The van der Waals surface area contributed by atoms with Crippen LogP contribution in [0.5, 0.6) is 5.75 Å². The van der Waals surface area contributed by atoms with E-state index in [1.165, 1.54) is 10.9 Å². The summed E-state index contributed by atoms with van der Waals surface area (Å²) in [7, 11) is 0. The average molecular weight is 460 g/mol. The summed E-state index contributed by atoms with van der Waals surface area (Å²) in [4.78, 5) is 17.9. The van der Waals surface area contributed by atoms with Gasteiger partial charge in [-0.25, -0.2) is 4.98 Å². The lowest BCUT2D eigenvalue weighted by atomic mass is 10.2. The van der Waals surface area contributed by atoms with Crippen molar-refractivity contribution in [3.05, 3.63) is 93.2 Å². The quantitative estimate of drug-likeness (QED) is 0.377. The molecule has 7 heteroatoms. The highest BCUT2D eigenvalue weighted by Crippen LogP contribution is 2.27. The number of nitrogens with zero attached hydrogens (tertiary/aromatic N) is 3. The first-order valence-corrected chi connectivity index (χ1v) is 9.93. The lowest BCUT2D eigenvalue weighted by Crippen LogP contribution is -2.20. The van der Waals surface area contributed by atoms with Gasteiger partial charge >= 0.3 is 0 Å². The van der Waals surface area contributed by atoms with Crippen molar-refractivity contribution in [3.63, 3.8) is 0 Å². The molecule has 0 bridgehead atoms. The molecule has 0 atom stereocenters. The molecule has 0 fully saturated rings. The molecule has 6 nitrogen and oxygen atoms in total. The van der Waals surface area contributed by atoms with Crippen molar-refractivity contribution in [3.8, 4) is 17.3 Å². The van der Waals surface area contributed by atoms with E-state index in [1.807, 2.05) is 36.4 Å². The molecule has 0 unspecified atom stereocenters. The maximum Gasteiger partial charge on any atom is 0.282 e. The first-order valence-electron chi connectivity index (χ1n) is 9.14. The van der Waals surface area contributed by atoms with Gasteiger partial charge in [-0.05, 0) is 64.0 Å². The standard InChI is InChI=1S/C23H14BrN3O3/c24-17-11-14(9-10-19(17)28)13-25-27-22(21-12-15-5-1-4-8-20(15)30-21)26-18-7-3-2-6-16(18)23(27)29/h1-13,28H. The predicted octanol–water partition coefficient (Wildman–Crippen LogP) is 5.16. The Morgan fingerprint density at radius 1 is 1.03 bits per heavy atom. The van der Waals surface area contributed by atoms with Crippen molar-refractivity contribution >= 4 is 44.0 Å². The van der Waals surface area contributed by atoms with E-state index in [1.54, 1.807) is 36.4 Å². The molecular weight excluding hydrogens is 446 g/mol. The van der Waals surface area contributed by atoms with E-state index in [9.17, 15) is 9.90 Å². The van der Waals surface area contributed by atoms with E-state index >= 15 is 0 Å². The van der Waals surface area contributed by atoms with Gasteiger partial charge in [0.1, 0.15) is 11.3 Å². The Bertz CT molecular complexity index is 1470. The zero-order valence-electron chi connectivity index (χ0n) is 15.5. The molecule has 5 rings (SSSR count). The van der Waals surface area contributed by atoms with E-state index in [2.05, 4.69) is 26.0 Å². The lowest BCUT2D eigenvalue weighted by Gasteiger charge is -2.07. The third-order valence-corrected chi connectivity index (χ3v) is 5.33. The number of para-hydroxylation sites is 2. The summed E-state index contributed by atoms with van der Waals surface area (Å²) in [5.41, 5.74) is 1.67. The molecule has 1 N–H and O–H groups in total. The highest BCUT2D eigenvalue weighted by atomic mass is 79.9. The van der Waals surface area contributed by atoms with Gasteiger partial charge in [0.25, 0.3) is 5.56 Å². The van der Waals surface area contributed by atoms with Crippen LogP contribution in [0.2, 0.25) is 0 Å². The molecule has 0 aliphatic carbocycles. The molecule has 0 spiro atoms. The number of furan rings is 1. The van der Waals surface area contributed by atoms with Gasteiger partial charge in [0.05, 0.1) is 21.6 Å². The third-order valence-electron chi connectivity index (χ3n) is 4.69. The second-order valence-electron chi connectivity index (χ2n) is 6.67. The maximum atomic E-state index is 13.2. The largest absolute Gasteiger partial charge is 0.507 e. The van der Waals surface area contributed by atoms with Gasteiger partial charge in [0, 0.05) is 5.39 Å². The number of hydrogen-bond acceptors (Lipinski definition) is 5. The third kappa shape index (κ3) is 3.19. The molecule has 30 heavy (non-hydrogen) atoms. The van der Waals surface area contributed by atoms with Crippen LogP contribution in [-0.4, -0.2) is 21.0 Å². The highest BCUT2D eigenvalue weighted by Gasteiger charge is 2.16. The van der Waals surface area contributed by atoms with Crippen LogP contribution in [0.15, 0.2) is 91.6 Å². The monoisotopic (exact) mass is 459 g/mol. The number of rotatable bonds is 3. The lowest BCUT2D eigenvalue weighted by molar-refractivity contribution is 0.472. The molecule has 0 saturated carbocycles. The number of halogens is 1. The Balaban J connectivity index is 1.73. The van der Waals surface area contributed by atoms with Gasteiger partial charge in [-0.2, -0.15) is 9.78 Å². The molecule has 0 aliphatic rings. The van der Waals surface area contributed by atoms with Crippen molar-refractivity contribution in [2.75, 3.05) is 0 Å². The summed E-state index contributed by atoms with van der Waals surface area (Å²) in [6.45, 7) is 0. The van der Waals surface area contributed by atoms with Gasteiger partial charge in [-0.3, -0.25) is 4.79 Å². The number of phenols is 1. The van der Waals surface area contributed by atoms with Crippen LogP contribution < -0.4 is 5.56 Å². The highest BCUT2D eigenvalue weighted by molar-refractivity contribution is 9.10. The Morgan fingerprint density at radius 3 is 2.67 bits per heavy atom. The van der Waals surface area contributed by atoms with E-state index < -0.39 is 0 Å². The predicted molar refractivity (Wildman–Crippen MR) is 120 cm³/mol. The van der Waals surface area contributed by atoms with Crippen molar-refractivity contribution in [1.82, 2.24) is 9.66 Å². The van der Waals surface area contributed by atoms with E-state index in [-0.39, 0.29) is 11.3 Å². The normalized spacial score (nSPS) is 11.6. The minimum atomic E-state index is -0.301. The zero-order chi connectivity index (χ0) is 20.7. The summed E-state index contributed by atoms with van der Waals surface area (Å²) in [6.07, 6.45) is 1.54. The van der Waals surface area contributed by atoms with Gasteiger partial charge in [-0.1, -0.05) is 30.3 Å². The van der Waals surface area contributed by atoms with Crippen LogP contribution in [0.25, 0.3) is 33.5 Å². The summed E-state index contributed by atoms with van der Waals surface area (Å²) >= 11 is 3.28. The Morgan fingerprint density at radius 2 is 1.83 bits per heavy atom. The average Bonchev–Trinajstić information content (AvgIpc) is 3.19.